The first-order valence-corrected chi connectivity index (χ1v) is 9.96. The van der Waals surface area contributed by atoms with E-state index in [0.29, 0.717) is 16.9 Å². The number of piperazine rings is 1. The van der Waals surface area contributed by atoms with E-state index in [2.05, 4.69) is 15.1 Å². The monoisotopic (exact) mass is 407 g/mol. The number of benzene rings is 3. The lowest BCUT2D eigenvalue weighted by molar-refractivity contribution is 0.102. The summed E-state index contributed by atoms with van der Waals surface area (Å²) in [4.78, 5) is 16.7. The topological polar surface area (TPSA) is 35.6 Å². The molecule has 30 heavy (non-hydrogen) atoms. The van der Waals surface area contributed by atoms with Gasteiger partial charge < -0.3 is 10.2 Å². The first kappa shape index (κ1) is 20.0. The normalized spacial score (nSPS) is 14.5. The zero-order valence-corrected chi connectivity index (χ0v) is 16.5. The highest BCUT2D eigenvalue weighted by Crippen LogP contribution is 2.21. The van der Waals surface area contributed by atoms with Crippen molar-refractivity contribution in [2.24, 2.45) is 0 Å². The second-order valence-electron chi connectivity index (χ2n) is 7.37. The predicted octanol–water partition coefficient (Wildman–Crippen LogP) is 4.54. The molecule has 0 radical (unpaired) electrons. The minimum atomic E-state index is -0.341. The summed E-state index contributed by atoms with van der Waals surface area (Å²) in [5.41, 5.74) is 2.88. The molecule has 1 aliphatic rings. The Bertz CT molecular complexity index is 998. The number of para-hydroxylation sites is 1. The number of nitrogens with zero attached hydrogens (tertiary/aromatic N) is 2. The molecule has 6 heteroatoms. The van der Waals surface area contributed by atoms with Gasteiger partial charge in [-0.3, -0.25) is 9.69 Å². The Kier molecular flexibility index (Phi) is 6.05. The summed E-state index contributed by atoms with van der Waals surface area (Å²) < 4.78 is 26.9. The lowest BCUT2D eigenvalue weighted by Gasteiger charge is -2.36. The van der Waals surface area contributed by atoms with E-state index < -0.39 is 0 Å². The number of carbonyl (C=O) groups excluding carboxylic acids is 1. The van der Waals surface area contributed by atoms with Crippen LogP contribution in [-0.4, -0.2) is 37.0 Å². The highest BCUT2D eigenvalue weighted by molar-refractivity contribution is 6.04. The van der Waals surface area contributed by atoms with Crippen molar-refractivity contribution in [2.75, 3.05) is 36.4 Å². The molecule has 3 aromatic carbocycles. The molecule has 0 aliphatic carbocycles. The van der Waals surface area contributed by atoms with Crippen molar-refractivity contribution < 1.29 is 13.6 Å². The number of amides is 1. The molecule has 0 spiro atoms. The van der Waals surface area contributed by atoms with E-state index in [1.165, 1.54) is 30.3 Å². The largest absolute Gasteiger partial charge is 0.367 e. The van der Waals surface area contributed by atoms with Crippen LogP contribution >= 0.6 is 0 Å². The summed E-state index contributed by atoms with van der Waals surface area (Å²) in [5.74, 6) is -0.751. The van der Waals surface area contributed by atoms with Crippen LogP contribution in [0.5, 0.6) is 0 Å². The molecule has 154 valence electrons. The minimum absolute atomic E-state index is 0.180. The van der Waals surface area contributed by atoms with Crippen molar-refractivity contribution in [3.05, 3.63) is 95.6 Å². The molecule has 4 rings (SSSR count). The average molecular weight is 407 g/mol. The van der Waals surface area contributed by atoms with Gasteiger partial charge in [0.15, 0.2) is 0 Å². The molecule has 0 bridgehead atoms. The Morgan fingerprint density at radius 1 is 0.833 bits per heavy atom. The fourth-order valence-corrected chi connectivity index (χ4v) is 3.61. The van der Waals surface area contributed by atoms with E-state index in [-0.39, 0.29) is 17.5 Å². The van der Waals surface area contributed by atoms with Crippen LogP contribution in [0.2, 0.25) is 0 Å². The standard InChI is InChI=1S/C24H23F2N3O/c25-20-9-11-21(12-10-20)27-24(30)19-7-5-18(6-8-19)17-28-13-15-29(16-14-28)23-4-2-1-3-22(23)26/h1-12H,13-17H2,(H,27,30). The van der Waals surface area contributed by atoms with E-state index in [1.54, 1.807) is 18.2 Å². The number of hydrogen-bond donors (Lipinski definition) is 1. The molecule has 0 unspecified atom stereocenters. The summed E-state index contributed by atoms with van der Waals surface area (Å²) in [7, 11) is 0. The average Bonchev–Trinajstić information content (AvgIpc) is 2.77. The molecule has 0 saturated carbocycles. The van der Waals surface area contributed by atoms with Crippen LogP contribution in [0.4, 0.5) is 20.2 Å². The van der Waals surface area contributed by atoms with Crippen molar-refractivity contribution in [3.63, 3.8) is 0 Å². The molecule has 1 saturated heterocycles. The Balaban J connectivity index is 1.30. The van der Waals surface area contributed by atoms with Crippen LogP contribution in [0, 0.1) is 11.6 Å². The van der Waals surface area contributed by atoms with Crippen LogP contribution in [-0.2, 0) is 6.54 Å². The van der Waals surface area contributed by atoms with Gasteiger partial charge in [0.05, 0.1) is 5.69 Å². The van der Waals surface area contributed by atoms with Crippen LogP contribution < -0.4 is 10.2 Å². The van der Waals surface area contributed by atoms with Gasteiger partial charge >= 0.3 is 0 Å². The molecule has 3 aromatic rings. The van der Waals surface area contributed by atoms with E-state index in [9.17, 15) is 13.6 Å². The van der Waals surface area contributed by atoms with Crippen LogP contribution in [0.25, 0.3) is 0 Å². The SMILES string of the molecule is O=C(Nc1ccc(F)cc1)c1ccc(CN2CCN(c3ccccc3F)CC2)cc1. The summed E-state index contributed by atoms with van der Waals surface area (Å²) in [5, 5.41) is 2.76. The molecule has 1 amide bonds. The summed E-state index contributed by atoms with van der Waals surface area (Å²) in [6.07, 6.45) is 0. The minimum Gasteiger partial charge on any atom is -0.367 e. The number of anilines is 2. The van der Waals surface area contributed by atoms with E-state index in [1.807, 2.05) is 24.3 Å². The van der Waals surface area contributed by atoms with Gasteiger partial charge in [-0.2, -0.15) is 0 Å². The molecule has 1 aliphatic heterocycles. The van der Waals surface area contributed by atoms with Gasteiger partial charge in [-0.25, -0.2) is 8.78 Å². The van der Waals surface area contributed by atoms with E-state index in [0.717, 1.165) is 38.3 Å². The summed E-state index contributed by atoms with van der Waals surface area (Å²) in [6, 6.07) is 20.0. The van der Waals surface area contributed by atoms with Gasteiger partial charge in [0, 0.05) is 44.0 Å². The third kappa shape index (κ3) is 4.83. The molecule has 0 atom stereocenters. The maximum absolute atomic E-state index is 14.0. The van der Waals surface area contributed by atoms with Gasteiger partial charge in [-0.05, 0) is 54.1 Å². The number of nitrogens with one attached hydrogen (secondary N) is 1. The number of halogens is 2. The van der Waals surface area contributed by atoms with Crippen molar-refractivity contribution in [2.45, 2.75) is 6.54 Å². The van der Waals surface area contributed by atoms with Crippen molar-refractivity contribution in [3.8, 4) is 0 Å². The fraction of sp³-hybridized carbons (Fsp3) is 0.208. The Morgan fingerprint density at radius 3 is 2.17 bits per heavy atom. The summed E-state index contributed by atoms with van der Waals surface area (Å²) in [6.45, 7) is 4.03. The zero-order chi connectivity index (χ0) is 20.9. The summed E-state index contributed by atoms with van der Waals surface area (Å²) >= 11 is 0. The van der Waals surface area contributed by atoms with Crippen LogP contribution in [0.1, 0.15) is 15.9 Å². The predicted molar refractivity (Wildman–Crippen MR) is 115 cm³/mol. The molecule has 0 aromatic heterocycles. The van der Waals surface area contributed by atoms with Gasteiger partial charge in [0.25, 0.3) is 5.91 Å². The maximum atomic E-state index is 14.0. The van der Waals surface area contributed by atoms with Crippen LogP contribution in [0.3, 0.4) is 0 Å². The quantitative estimate of drug-likeness (QED) is 0.675. The number of carbonyl (C=O) groups is 1. The molecular weight excluding hydrogens is 384 g/mol. The maximum Gasteiger partial charge on any atom is 0.255 e. The Hall–Kier alpha value is -3.25. The fourth-order valence-electron chi connectivity index (χ4n) is 3.61. The van der Waals surface area contributed by atoms with E-state index in [4.69, 9.17) is 0 Å². The lowest BCUT2D eigenvalue weighted by atomic mass is 10.1. The first-order chi connectivity index (χ1) is 14.6. The van der Waals surface area contributed by atoms with Crippen molar-refractivity contribution in [1.82, 2.24) is 4.90 Å². The molecule has 1 fully saturated rings. The van der Waals surface area contributed by atoms with E-state index >= 15 is 0 Å². The molecule has 1 N–H and O–H groups in total. The second-order valence-corrected chi connectivity index (χ2v) is 7.37. The highest BCUT2D eigenvalue weighted by atomic mass is 19.1. The van der Waals surface area contributed by atoms with Crippen molar-refractivity contribution in [1.29, 1.82) is 0 Å². The van der Waals surface area contributed by atoms with Crippen molar-refractivity contribution >= 4 is 17.3 Å². The molecule has 4 nitrogen and oxygen atoms in total. The number of rotatable bonds is 5. The Labute approximate surface area is 174 Å². The molecule has 1 heterocycles. The smallest absolute Gasteiger partial charge is 0.255 e. The number of hydrogen-bond acceptors (Lipinski definition) is 3. The van der Waals surface area contributed by atoms with Gasteiger partial charge in [-0.1, -0.05) is 24.3 Å². The molecular formula is C24H23F2N3O. The lowest BCUT2D eigenvalue weighted by Crippen LogP contribution is -2.46. The van der Waals surface area contributed by atoms with Gasteiger partial charge in [-0.15, -0.1) is 0 Å². The van der Waals surface area contributed by atoms with Gasteiger partial charge in [0.1, 0.15) is 11.6 Å². The Morgan fingerprint density at radius 2 is 1.50 bits per heavy atom. The second kappa shape index (κ2) is 9.05. The third-order valence-corrected chi connectivity index (χ3v) is 5.29. The first-order valence-electron chi connectivity index (χ1n) is 9.96. The highest BCUT2D eigenvalue weighted by Gasteiger charge is 2.19. The van der Waals surface area contributed by atoms with Crippen LogP contribution in [0.15, 0.2) is 72.8 Å². The zero-order valence-electron chi connectivity index (χ0n) is 16.5. The third-order valence-electron chi connectivity index (χ3n) is 5.29. The van der Waals surface area contributed by atoms with Gasteiger partial charge in [0.2, 0.25) is 0 Å².